The Morgan fingerprint density at radius 1 is 1.26 bits per heavy atom. The number of nitrogens with one attached hydrogen (secondary N) is 1. The maximum absolute atomic E-state index is 12.5. The van der Waals surface area contributed by atoms with Crippen LogP contribution in [0.25, 0.3) is 0 Å². The van der Waals surface area contributed by atoms with E-state index in [-0.39, 0.29) is 5.91 Å². The normalized spacial score (nSPS) is 28.7. The summed E-state index contributed by atoms with van der Waals surface area (Å²) in [6.45, 7) is 2.12. The molecule has 1 aromatic heterocycles. The zero-order valence-electron chi connectivity index (χ0n) is 13.6. The molecular weight excluding hydrogens is 294 g/mol. The van der Waals surface area contributed by atoms with E-state index in [0.29, 0.717) is 30.5 Å². The lowest BCUT2D eigenvalue weighted by atomic mass is 9.77. The predicted octanol–water partition coefficient (Wildman–Crippen LogP) is 2.76. The second-order valence-corrected chi connectivity index (χ2v) is 7.14. The number of carboxylic acid groups (broad SMARTS) is 1. The summed E-state index contributed by atoms with van der Waals surface area (Å²) >= 11 is 0. The van der Waals surface area contributed by atoms with Crippen molar-refractivity contribution in [1.29, 1.82) is 0 Å². The van der Waals surface area contributed by atoms with Crippen molar-refractivity contribution >= 4 is 11.9 Å². The van der Waals surface area contributed by atoms with Gasteiger partial charge in [-0.05, 0) is 50.5 Å². The molecule has 6 nitrogen and oxygen atoms in total. The lowest BCUT2D eigenvalue weighted by Crippen LogP contribution is -2.56. The minimum Gasteiger partial charge on any atom is -0.480 e. The third kappa shape index (κ3) is 3.26. The Morgan fingerprint density at radius 2 is 1.91 bits per heavy atom. The summed E-state index contributed by atoms with van der Waals surface area (Å²) in [7, 11) is 0. The smallest absolute Gasteiger partial charge is 0.329 e. The average Bonchev–Trinajstić information content (AvgIpc) is 3.20. The first-order chi connectivity index (χ1) is 11.0. The third-order valence-corrected chi connectivity index (χ3v) is 5.43. The molecule has 0 spiro atoms. The van der Waals surface area contributed by atoms with Crippen LogP contribution < -0.4 is 5.32 Å². The van der Waals surface area contributed by atoms with Crippen molar-refractivity contribution < 1.29 is 14.7 Å². The van der Waals surface area contributed by atoms with E-state index in [9.17, 15) is 14.7 Å². The Kier molecular flexibility index (Phi) is 4.41. The summed E-state index contributed by atoms with van der Waals surface area (Å²) in [5.74, 6) is -0.798. The summed E-state index contributed by atoms with van der Waals surface area (Å²) in [6.07, 6.45) is 9.04. The summed E-state index contributed by atoms with van der Waals surface area (Å²) in [5.41, 5.74) is -0.822. The fraction of sp³-hybridized carbons (Fsp3) is 0.706. The Balaban J connectivity index is 1.71. The van der Waals surface area contributed by atoms with Gasteiger partial charge in [-0.2, -0.15) is 5.10 Å². The van der Waals surface area contributed by atoms with Crippen molar-refractivity contribution in [2.24, 2.45) is 5.92 Å². The van der Waals surface area contributed by atoms with Gasteiger partial charge in [0, 0.05) is 6.20 Å². The third-order valence-electron chi connectivity index (χ3n) is 5.43. The topological polar surface area (TPSA) is 84.2 Å². The summed E-state index contributed by atoms with van der Waals surface area (Å²) in [6, 6.07) is 2.06. The largest absolute Gasteiger partial charge is 0.480 e. The Bertz CT molecular complexity index is 582. The van der Waals surface area contributed by atoms with Crippen LogP contribution in [-0.4, -0.2) is 32.3 Å². The highest BCUT2D eigenvalue weighted by Crippen LogP contribution is 2.32. The quantitative estimate of drug-likeness (QED) is 0.893. The number of hydrogen-bond donors (Lipinski definition) is 2. The van der Waals surface area contributed by atoms with Crippen LogP contribution in [0.3, 0.4) is 0 Å². The monoisotopic (exact) mass is 319 g/mol. The Morgan fingerprint density at radius 3 is 2.52 bits per heavy atom. The number of aliphatic carboxylic acids is 1. The number of hydrogen-bond acceptors (Lipinski definition) is 3. The van der Waals surface area contributed by atoms with Gasteiger partial charge in [0.2, 0.25) is 0 Å². The molecule has 23 heavy (non-hydrogen) atoms. The molecule has 1 aromatic rings. The molecule has 2 fully saturated rings. The van der Waals surface area contributed by atoms with Crippen LogP contribution in [0.1, 0.15) is 74.8 Å². The van der Waals surface area contributed by atoms with E-state index in [1.165, 1.54) is 12.8 Å². The van der Waals surface area contributed by atoms with Gasteiger partial charge < -0.3 is 10.4 Å². The first kappa shape index (κ1) is 16.0. The van der Waals surface area contributed by atoms with Crippen molar-refractivity contribution in [2.75, 3.05) is 0 Å². The van der Waals surface area contributed by atoms with Gasteiger partial charge in [0.15, 0.2) is 0 Å². The molecular formula is C17H25N3O3. The lowest BCUT2D eigenvalue weighted by Gasteiger charge is -2.36. The van der Waals surface area contributed by atoms with Crippen LogP contribution in [0.15, 0.2) is 12.3 Å². The summed E-state index contributed by atoms with van der Waals surface area (Å²) < 4.78 is 1.86. The maximum atomic E-state index is 12.5. The standard InChI is InChI=1S/C17H25N3O3/c1-12-6-9-17(10-7-12,16(22)23)18-15(21)14-8-11-20(19-14)13-4-2-3-5-13/h8,11-13H,2-7,9-10H2,1H3,(H,18,21)(H,22,23). The van der Waals surface area contributed by atoms with Crippen LogP contribution in [0, 0.1) is 5.92 Å². The van der Waals surface area contributed by atoms with Crippen LogP contribution in [0.5, 0.6) is 0 Å². The van der Waals surface area contributed by atoms with Crippen molar-refractivity contribution in [2.45, 2.75) is 69.9 Å². The van der Waals surface area contributed by atoms with Crippen molar-refractivity contribution in [3.8, 4) is 0 Å². The van der Waals surface area contributed by atoms with E-state index in [1.807, 2.05) is 10.9 Å². The number of carboxylic acids is 1. The Labute approximate surface area is 136 Å². The molecule has 0 saturated heterocycles. The summed E-state index contributed by atoms with van der Waals surface area (Å²) in [5, 5.41) is 16.7. The molecule has 3 rings (SSSR count). The van der Waals surface area contributed by atoms with Gasteiger partial charge in [0.1, 0.15) is 11.2 Å². The molecule has 0 aliphatic heterocycles. The first-order valence-corrected chi connectivity index (χ1v) is 8.61. The number of carbonyl (C=O) groups is 2. The molecule has 2 saturated carbocycles. The molecule has 126 valence electrons. The summed E-state index contributed by atoms with van der Waals surface area (Å²) in [4.78, 5) is 24.2. The van der Waals surface area contributed by atoms with Gasteiger partial charge >= 0.3 is 5.97 Å². The minimum atomic E-state index is -1.14. The van der Waals surface area contributed by atoms with Gasteiger partial charge in [0.05, 0.1) is 6.04 Å². The molecule has 6 heteroatoms. The van der Waals surface area contributed by atoms with Crippen molar-refractivity contribution in [1.82, 2.24) is 15.1 Å². The SMILES string of the molecule is CC1CCC(NC(=O)c2ccn(C3CCCC3)n2)(C(=O)O)CC1. The molecule has 0 atom stereocenters. The number of aromatic nitrogens is 2. The highest BCUT2D eigenvalue weighted by atomic mass is 16.4. The second-order valence-electron chi connectivity index (χ2n) is 7.14. The molecule has 0 bridgehead atoms. The van der Waals surface area contributed by atoms with Crippen LogP contribution in [0.4, 0.5) is 0 Å². The van der Waals surface area contributed by atoms with E-state index < -0.39 is 11.5 Å². The first-order valence-electron chi connectivity index (χ1n) is 8.61. The van der Waals surface area contributed by atoms with E-state index in [1.54, 1.807) is 6.07 Å². The highest BCUT2D eigenvalue weighted by molar-refractivity contribution is 5.96. The molecule has 2 aliphatic carbocycles. The molecule has 0 radical (unpaired) electrons. The average molecular weight is 319 g/mol. The highest BCUT2D eigenvalue weighted by Gasteiger charge is 2.42. The van der Waals surface area contributed by atoms with E-state index in [0.717, 1.165) is 25.7 Å². The fourth-order valence-electron chi connectivity index (χ4n) is 3.76. The van der Waals surface area contributed by atoms with E-state index >= 15 is 0 Å². The zero-order valence-corrected chi connectivity index (χ0v) is 13.6. The van der Waals surface area contributed by atoms with E-state index in [4.69, 9.17) is 0 Å². The molecule has 2 aliphatic rings. The van der Waals surface area contributed by atoms with Crippen LogP contribution >= 0.6 is 0 Å². The van der Waals surface area contributed by atoms with Gasteiger partial charge in [-0.25, -0.2) is 4.79 Å². The molecule has 1 heterocycles. The zero-order chi connectivity index (χ0) is 16.4. The number of carbonyl (C=O) groups excluding carboxylic acids is 1. The molecule has 1 amide bonds. The Hall–Kier alpha value is -1.85. The van der Waals surface area contributed by atoms with E-state index in [2.05, 4.69) is 17.3 Å². The van der Waals surface area contributed by atoms with Gasteiger partial charge in [-0.3, -0.25) is 9.48 Å². The molecule has 0 aromatic carbocycles. The maximum Gasteiger partial charge on any atom is 0.329 e. The minimum absolute atomic E-state index is 0.316. The van der Waals surface area contributed by atoms with Gasteiger partial charge in [-0.15, -0.1) is 0 Å². The molecule has 0 unspecified atom stereocenters. The number of rotatable bonds is 4. The van der Waals surface area contributed by atoms with Crippen molar-refractivity contribution in [3.05, 3.63) is 18.0 Å². The van der Waals surface area contributed by atoms with Gasteiger partial charge in [-0.1, -0.05) is 19.8 Å². The van der Waals surface area contributed by atoms with Crippen LogP contribution in [-0.2, 0) is 4.79 Å². The van der Waals surface area contributed by atoms with Crippen LogP contribution in [0.2, 0.25) is 0 Å². The lowest BCUT2D eigenvalue weighted by molar-refractivity contribution is -0.146. The van der Waals surface area contributed by atoms with Crippen molar-refractivity contribution in [3.63, 3.8) is 0 Å². The van der Waals surface area contributed by atoms with Gasteiger partial charge in [0.25, 0.3) is 5.91 Å². The second kappa shape index (κ2) is 6.34. The fourth-order valence-corrected chi connectivity index (χ4v) is 3.76. The predicted molar refractivity (Wildman–Crippen MR) is 85.2 cm³/mol. The number of amides is 1. The molecule has 2 N–H and O–H groups in total. The number of nitrogens with zero attached hydrogens (tertiary/aromatic N) is 2.